The van der Waals surface area contributed by atoms with E-state index in [1.165, 1.54) is 6.08 Å². The zero-order valence-corrected chi connectivity index (χ0v) is 15.3. The summed E-state index contributed by atoms with van der Waals surface area (Å²) in [7, 11) is -4.22. The molecule has 0 saturated carbocycles. The highest BCUT2D eigenvalue weighted by molar-refractivity contribution is 7.90. The lowest BCUT2D eigenvalue weighted by molar-refractivity contribution is -0.136. The molecule has 0 amide bonds. The van der Waals surface area contributed by atoms with Gasteiger partial charge in [0.1, 0.15) is 11.3 Å². The number of benzene rings is 2. The van der Waals surface area contributed by atoms with Crippen molar-refractivity contribution in [2.75, 3.05) is 0 Å². The van der Waals surface area contributed by atoms with Crippen LogP contribution in [0.2, 0.25) is 5.02 Å². The molecular formula is C18H10ClF3O5S. The largest absolute Gasteiger partial charge is 0.423 e. The van der Waals surface area contributed by atoms with Crippen LogP contribution in [0, 0.1) is 0 Å². The van der Waals surface area contributed by atoms with Gasteiger partial charge in [-0.3, -0.25) is 0 Å². The van der Waals surface area contributed by atoms with E-state index in [-0.39, 0.29) is 5.75 Å². The van der Waals surface area contributed by atoms with Crippen molar-refractivity contribution in [2.24, 2.45) is 0 Å². The van der Waals surface area contributed by atoms with Gasteiger partial charge in [-0.25, -0.2) is 4.79 Å². The van der Waals surface area contributed by atoms with Gasteiger partial charge >= 0.3 is 21.9 Å². The van der Waals surface area contributed by atoms with E-state index in [1.807, 2.05) is 0 Å². The summed E-state index contributed by atoms with van der Waals surface area (Å²) in [5.41, 5.74) is -2.32. The van der Waals surface area contributed by atoms with Crippen LogP contribution < -0.4 is 9.81 Å². The molecule has 3 aromatic rings. The summed E-state index contributed by atoms with van der Waals surface area (Å²) in [5, 5.41) is 0.864. The second kappa shape index (κ2) is 7.33. The molecule has 0 fully saturated rings. The number of rotatable bonds is 4. The van der Waals surface area contributed by atoms with Gasteiger partial charge in [-0.2, -0.15) is 21.6 Å². The molecule has 2 aromatic carbocycles. The SMILES string of the molecule is O=c1cc(C(F)(F)F)c2ccc(OS(=O)(=O)/C=C/c3ccc(Cl)cc3)cc2o1. The summed E-state index contributed by atoms with van der Waals surface area (Å²) in [4.78, 5) is 11.4. The second-order valence-electron chi connectivity index (χ2n) is 5.57. The third kappa shape index (κ3) is 4.73. The highest BCUT2D eigenvalue weighted by Gasteiger charge is 2.34. The smallest absolute Gasteiger partial charge is 0.417 e. The van der Waals surface area contributed by atoms with E-state index in [0.29, 0.717) is 16.7 Å². The van der Waals surface area contributed by atoms with Crippen molar-refractivity contribution in [3.05, 3.63) is 80.5 Å². The van der Waals surface area contributed by atoms with Gasteiger partial charge < -0.3 is 8.60 Å². The molecule has 0 aliphatic rings. The van der Waals surface area contributed by atoms with E-state index in [2.05, 4.69) is 0 Å². The average Bonchev–Trinajstić information content (AvgIpc) is 2.59. The van der Waals surface area contributed by atoms with Gasteiger partial charge in [-0.05, 0) is 35.9 Å². The molecule has 0 unspecified atom stereocenters. The van der Waals surface area contributed by atoms with E-state index in [1.54, 1.807) is 24.3 Å². The number of hydrogen-bond acceptors (Lipinski definition) is 5. The first-order valence-corrected chi connectivity index (χ1v) is 9.42. The lowest BCUT2D eigenvalue weighted by Gasteiger charge is -2.10. The minimum absolute atomic E-state index is 0.310. The Morgan fingerprint density at radius 3 is 2.36 bits per heavy atom. The minimum atomic E-state index is -4.77. The number of halogens is 4. The quantitative estimate of drug-likeness (QED) is 0.437. The lowest BCUT2D eigenvalue weighted by atomic mass is 10.1. The number of fused-ring (bicyclic) bond motifs is 1. The fourth-order valence-electron chi connectivity index (χ4n) is 2.33. The summed E-state index contributed by atoms with van der Waals surface area (Å²) in [6, 6.07) is 9.53. The molecule has 0 aliphatic heterocycles. The van der Waals surface area contributed by atoms with Crippen LogP contribution in [0.5, 0.6) is 5.75 Å². The first-order valence-electron chi connectivity index (χ1n) is 7.57. The molecule has 0 atom stereocenters. The third-order valence-electron chi connectivity index (χ3n) is 3.53. The Bertz CT molecular complexity index is 1210. The normalized spacial score (nSPS) is 12.6. The molecule has 1 aromatic heterocycles. The molecule has 0 spiro atoms. The monoisotopic (exact) mass is 430 g/mol. The van der Waals surface area contributed by atoms with Crippen LogP contribution in [0.1, 0.15) is 11.1 Å². The molecular weight excluding hydrogens is 421 g/mol. The first-order chi connectivity index (χ1) is 13.0. The van der Waals surface area contributed by atoms with Crippen molar-refractivity contribution in [1.82, 2.24) is 0 Å². The van der Waals surface area contributed by atoms with Crippen molar-refractivity contribution in [1.29, 1.82) is 0 Å². The van der Waals surface area contributed by atoms with E-state index in [0.717, 1.165) is 23.6 Å². The van der Waals surface area contributed by atoms with Crippen LogP contribution in [0.25, 0.3) is 17.0 Å². The topological polar surface area (TPSA) is 73.6 Å². The molecule has 0 N–H and O–H groups in total. The van der Waals surface area contributed by atoms with Gasteiger partial charge in [0.15, 0.2) is 0 Å². The zero-order chi connectivity index (χ0) is 20.5. The predicted octanol–water partition coefficient (Wildman–Crippen LogP) is 4.84. The number of alkyl halides is 3. The Labute approximate surface area is 161 Å². The molecule has 146 valence electrons. The maximum Gasteiger partial charge on any atom is 0.417 e. The van der Waals surface area contributed by atoms with Crippen molar-refractivity contribution in [3.8, 4) is 5.75 Å². The van der Waals surface area contributed by atoms with Crippen LogP contribution in [0.15, 0.2) is 63.2 Å². The molecule has 0 saturated heterocycles. The third-order valence-corrected chi connectivity index (χ3v) is 4.68. The fourth-order valence-corrected chi connectivity index (χ4v) is 3.20. The number of hydrogen-bond donors (Lipinski definition) is 0. The fraction of sp³-hybridized carbons (Fsp3) is 0.0556. The minimum Gasteiger partial charge on any atom is -0.423 e. The average molecular weight is 431 g/mol. The Balaban J connectivity index is 1.91. The molecule has 0 aliphatic carbocycles. The summed E-state index contributed by atoms with van der Waals surface area (Å²) in [6.07, 6.45) is -3.52. The van der Waals surface area contributed by atoms with Crippen LogP contribution in [-0.2, 0) is 16.3 Å². The summed E-state index contributed by atoms with van der Waals surface area (Å²) in [6.45, 7) is 0. The van der Waals surface area contributed by atoms with Crippen molar-refractivity contribution in [2.45, 2.75) is 6.18 Å². The maximum atomic E-state index is 13.0. The molecule has 3 rings (SSSR count). The predicted molar refractivity (Wildman–Crippen MR) is 97.5 cm³/mol. The van der Waals surface area contributed by atoms with Crippen LogP contribution in [0.3, 0.4) is 0 Å². The van der Waals surface area contributed by atoms with Gasteiger partial charge in [0, 0.05) is 22.5 Å². The summed E-state index contributed by atoms with van der Waals surface area (Å²) < 4.78 is 72.8. The lowest BCUT2D eigenvalue weighted by Crippen LogP contribution is -2.11. The van der Waals surface area contributed by atoms with Crippen LogP contribution >= 0.6 is 11.6 Å². The van der Waals surface area contributed by atoms with Gasteiger partial charge in [0.2, 0.25) is 0 Å². The Morgan fingerprint density at radius 1 is 1.04 bits per heavy atom. The summed E-state index contributed by atoms with van der Waals surface area (Å²) >= 11 is 5.74. The van der Waals surface area contributed by atoms with Gasteiger partial charge in [-0.15, -0.1) is 0 Å². The molecule has 1 heterocycles. The van der Waals surface area contributed by atoms with E-state index >= 15 is 0 Å². The van der Waals surface area contributed by atoms with Gasteiger partial charge in [0.05, 0.1) is 11.0 Å². The van der Waals surface area contributed by atoms with E-state index < -0.39 is 38.5 Å². The molecule has 0 radical (unpaired) electrons. The highest BCUT2D eigenvalue weighted by atomic mass is 35.5. The van der Waals surface area contributed by atoms with Gasteiger partial charge in [-0.1, -0.05) is 23.7 Å². The Hall–Kier alpha value is -2.78. The van der Waals surface area contributed by atoms with Crippen LogP contribution in [-0.4, -0.2) is 8.42 Å². The molecule has 0 bridgehead atoms. The first kappa shape index (κ1) is 20.0. The van der Waals surface area contributed by atoms with E-state index in [4.69, 9.17) is 20.2 Å². The Morgan fingerprint density at radius 2 is 1.71 bits per heavy atom. The Kier molecular flexibility index (Phi) is 5.22. The molecule has 10 heteroatoms. The standard InChI is InChI=1S/C18H10ClF3O5S/c19-12-3-1-11(2-4-12)7-8-28(24,25)27-13-5-6-14-15(18(20,21)22)10-17(23)26-16(14)9-13/h1-10H/b8-7+. The van der Waals surface area contributed by atoms with Crippen molar-refractivity contribution < 1.29 is 30.2 Å². The zero-order valence-electron chi connectivity index (χ0n) is 13.7. The van der Waals surface area contributed by atoms with Crippen molar-refractivity contribution >= 4 is 38.8 Å². The highest BCUT2D eigenvalue weighted by Crippen LogP contribution is 2.35. The second-order valence-corrected chi connectivity index (χ2v) is 7.43. The molecule has 5 nitrogen and oxygen atoms in total. The summed E-state index contributed by atoms with van der Waals surface area (Å²) in [5.74, 6) is -0.310. The van der Waals surface area contributed by atoms with Crippen LogP contribution in [0.4, 0.5) is 13.2 Å². The van der Waals surface area contributed by atoms with Gasteiger partial charge in [0.25, 0.3) is 0 Å². The van der Waals surface area contributed by atoms with Crippen molar-refractivity contribution in [3.63, 3.8) is 0 Å². The molecule has 28 heavy (non-hydrogen) atoms. The van der Waals surface area contributed by atoms with E-state index in [9.17, 15) is 26.4 Å². The maximum absolute atomic E-state index is 13.0.